The van der Waals surface area contributed by atoms with Crippen LogP contribution in [0.25, 0.3) is 11.1 Å². The van der Waals surface area contributed by atoms with Gasteiger partial charge in [-0.1, -0.05) is 17.7 Å². The quantitative estimate of drug-likeness (QED) is 0.230. The van der Waals surface area contributed by atoms with Crippen LogP contribution in [-0.4, -0.2) is 20.3 Å². The van der Waals surface area contributed by atoms with Gasteiger partial charge in [-0.15, -0.1) is 11.3 Å². The van der Waals surface area contributed by atoms with Crippen molar-refractivity contribution in [2.24, 2.45) is 5.92 Å². The third-order valence-corrected chi connectivity index (χ3v) is 7.66. The normalized spacial score (nSPS) is 14.4. The standard InChI is InChI=1S/C27H24ClF4N5OS/c1-2-37-14-20(24(35-37)27(30,31)32)18-9-15(13-36-7-8-39-26(36)33)10-19(11-18)25(38)34-23(16-3-4-16)17-5-6-21(28)22(29)12-17/h5-12,14,16,23,33H,2-4,13H2,1H3,(H,34,38). The summed E-state index contributed by atoms with van der Waals surface area (Å²) in [6, 6.07) is 8.52. The zero-order valence-electron chi connectivity index (χ0n) is 20.7. The maximum Gasteiger partial charge on any atom is 0.435 e. The van der Waals surface area contributed by atoms with Gasteiger partial charge in [0.25, 0.3) is 5.91 Å². The lowest BCUT2D eigenvalue weighted by Gasteiger charge is -2.20. The van der Waals surface area contributed by atoms with E-state index < -0.39 is 29.6 Å². The molecule has 2 aromatic carbocycles. The third-order valence-electron chi connectivity index (χ3n) is 6.64. The van der Waals surface area contributed by atoms with Crippen LogP contribution >= 0.6 is 22.9 Å². The lowest BCUT2D eigenvalue weighted by molar-refractivity contribution is -0.141. The van der Waals surface area contributed by atoms with E-state index in [1.165, 1.54) is 40.4 Å². The molecular weight excluding hydrogens is 554 g/mol. The number of aryl methyl sites for hydroxylation is 1. The maximum atomic E-state index is 14.2. The number of carbonyl (C=O) groups excluding carboxylic acids is 1. The van der Waals surface area contributed by atoms with Crippen LogP contribution in [0.3, 0.4) is 0 Å². The molecule has 1 amide bonds. The molecule has 1 atom stereocenters. The molecule has 2 heterocycles. The summed E-state index contributed by atoms with van der Waals surface area (Å²) in [5.74, 6) is -0.975. The van der Waals surface area contributed by atoms with Crippen LogP contribution in [0.4, 0.5) is 17.6 Å². The van der Waals surface area contributed by atoms with Crippen molar-refractivity contribution in [3.05, 3.63) is 92.2 Å². The molecule has 1 saturated carbocycles. The topological polar surface area (TPSA) is 75.7 Å². The molecule has 2 aromatic heterocycles. The summed E-state index contributed by atoms with van der Waals surface area (Å²) in [7, 11) is 0. The molecule has 12 heteroatoms. The molecule has 0 radical (unpaired) electrons. The maximum absolute atomic E-state index is 14.2. The van der Waals surface area contributed by atoms with Gasteiger partial charge in [0.05, 0.1) is 11.1 Å². The molecule has 2 N–H and O–H groups in total. The number of nitrogens with zero attached hydrogens (tertiary/aromatic N) is 3. The molecule has 0 saturated heterocycles. The Bertz CT molecular complexity index is 1590. The molecule has 4 aromatic rings. The van der Waals surface area contributed by atoms with Gasteiger partial charge in [-0.25, -0.2) is 4.39 Å². The number of alkyl halides is 3. The lowest BCUT2D eigenvalue weighted by Crippen LogP contribution is -2.30. The van der Waals surface area contributed by atoms with Gasteiger partial charge in [0, 0.05) is 42.0 Å². The summed E-state index contributed by atoms with van der Waals surface area (Å²) in [5, 5.41) is 16.5. The second-order valence-corrected chi connectivity index (χ2v) is 10.8. The lowest BCUT2D eigenvalue weighted by atomic mass is 9.98. The predicted octanol–water partition coefficient (Wildman–Crippen LogP) is 6.65. The molecule has 0 bridgehead atoms. The number of hydrogen-bond donors (Lipinski definition) is 2. The van der Waals surface area contributed by atoms with Gasteiger partial charge in [0.15, 0.2) is 10.5 Å². The second kappa shape index (κ2) is 10.6. The van der Waals surface area contributed by atoms with E-state index in [0.29, 0.717) is 11.1 Å². The molecule has 1 unspecified atom stereocenters. The minimum Gasteiger partial charge on any atom is -0.345 e. The van der Waals surface area contributed by atoms with Gasteiger partial charge >= 0.3 is 6.18 Å². The molecule has 1 fully saturated rings. The predicted molar refractivity (Wildman–Crippen MR) is 140 cm³/mol. The van der Waals surface area contributed by atoms with Gasteiger partial charge in [-0.05, 0) is 72.7 Å². The number of rotatable bonds is 8. The van der Waals surface area contributed by atoms with Crippen molar-refractivity contribution in [2.45, 2.75) is 45.1 Å². The molecule has 1 aliphatic rings. The highest BCUT2D eigenvalue weighted by Gasteiger charge is 2.38. The molecule has 6 nitrogen and oxygen atoms in total. The number of amides is 1. The fraction of sp³-hybridized carbons (Fsp3) is 0.296. The Balaban J connectivity index is 1.56. The smallest absolute Gasteiger partial charge is 0.345 e. The van der Waals surface area contributed by atoms with Crippen molar-refractivity contribution in [1.29, 1.82) is 5.41 Å². The monoisotopic (exact) mass is 577 g/mol. The van der Waals surface area contributed by atoms with Gasteiger partial charge < -0.3 is 9.88 Å². The number of carbonyl (C=O) groups is 1. The van der Waals surface area contributed by atoms with Gasteiger partial charge in [0.1, 0.15) is 5.82 Å². The van der Waals surface area contributed by atoms with E-state index in [1.807, 2.05) is 0 Å². The largest absolute Gasteiger partial charge is 0.435 e. The summed E-state index contributed by atoms with van der Waals surface area (Å²) in [6.07, 6.45) is 0.0361. The summed E-state index contributed by atoms with van der Waals surface area (Å²) >= 11 is 7.05. The van der Waals surface area contributed by atoms with Crippen molar-refractivity contribution < 1.29 is 22.4 Å². The zero-order chi connectivity index (χ0) is 27.9. The average molecular weight is 578 g/mol. The molecule has 39 heavy (non-hydrogen) atoms. The SMILES string of the molecule is CCn1cc(-c2cc(Cn3ccsc3=N)cc(C(=O)NC(c3ccc(Cl)c(F)c3)C3CC3)c2)c(C(F)(F)F)n1. The molecule has 0 spiro atoms. The Labute approximate surface area is 230 Å². The minimum atomic E-state index is -4.69. The van der Waals surface area contributed by atoms with Crippen LogP contribution in [0.2, 0.25) is 5.02 Å². The van der Waals surface area contributed by atoms with Crippen molar-refractivity contribution in [1.82, 2.24) is 19.7 Å². The molecular formula is C27H24ClF4N5OS. The van der Waals surface area contributed by atoms with E-state index in [1.54, 1.807) is 41.3 Å². The summed E-state index contributed by atoms with van der Waals surface area (Å²) in [5.41, 5.74) is 0.285. The highest BCUT2D eigenvalue weighted by Crippen LogP contribution is 2.42. The van der Waals surface area contributed by atoms with Crippen molar-refractivity contribution in [2.75, 3.05) is 0 Å². The highest BCUT2D eigenvalue weighted by atomic mass is 35.5. The number of hydrogen-bond acceptors (Lipinski definition) is 4. The van der Waals surface area contributed by atoms with Gasteiger partial charge in [-0.2, -0.15) is 18.3 Å². The Kier molecular flexibility index (Phi) is 7.39. The summed E-state index contributed by atoms with van der Waals surface area (Å²) in [6.45, 7) is 2.12. The molecule has 1 aliphatic carbocycles. The van der Waals surface area contributed by atoms with E-state index in [0.717, 1.165) is 12.8 Å². The number of aromatic nitrogens is 3. The van der Waals surface area contributed by atoms with E-state index in [4.69, 9.17) is 17.0 Å². The summed E-state index contributed by atoms with van der Waals surface area (Å²) in [4.78, 5) is 13.8. The summed E-state index contributed by atoms with van der Waals surface area (Å²) < 4.78 is 58.7. The Hall–Kier alpha value is -3.44. The molecule has 204 valence electrons. The van der Waals surface area contributed by atoms with E-state index in [9.17, 15) is 22.4 Å². The fourth-order valence-corrected chi connectivity index (χ4v) is 5.25. The molecule has 0 aliphatic heterocycles. The Morgan fingerprint density at radius 3 is 2.64 bits per heavy atom. The number of nitrogens with one attached hydrogen (secondary N) is 2. The zero-order valence-corrected chi connectivity index (χ0v) is 22.3. The van der Waals surface area contributed by atoms with E-state index >= 15 is 0 Å². The third kappa shape index (κ3) is 5.94. The van der Waals surface area contributed by atoms with Crippen LogP contribution in [-0.2, 0) is 19.3 Å². The van der Waals surface area contributed by atoms with Crippen molar-refractivity contribution in [3.8, 4) is 11.1 Å². The van der Waals surface area contributed by atoms with Crippen molar-refractivity contribution in [3.63, 3.8) is 0 Å². The average Bonchev–Trinajstić information content (AvgIpc) is 3.50. The fourth-order valence-electron chi connectivity index (χ4n) is 4.53. The first-order valence-electron chi connectivity index (χ1n) is 12.3. The van der Waals surface area contributed by atoms with Gasteiger partial charge in [0.2, 0.25) is 0 Å². The van der Waals surface area contributed by atoms with Crippen molar-refractivity contribution >= 4 is 28.8 Å². The number of halogens is 5. The second-order valence-electron chi connectivity index (χ2n) is 9.46. The van der Waals surface area contributed by atoms with Crippen LogP contribution in [0.5, 0.6) is 0 Å². The first-order valence-corrected chi connectivity index (χ1v) is 13.5. The highest BCUT2D eigenvalue weighted by molar-refractivity contribution is 7.06. The van der Waals surface area contributed by atoms with Gasteiger partial charge in [-0.3, -0.25) is 14.9 Å². The first kappa shape index (κ1) is 27.1. The Morgan fingerprint density at radius 2 is 2.03 bits per heavy atom. The first-order chi connectivity index (χ1) is 18.5. The van der Waals surface area contributed by atoms with Crippen LogP contribution in [0.1, 0.15) is 53.0 Å². The van der Waals surface area contributed by atoms with E-state index in [-0.39, 0.29) is 45.5 Å². The number of benzene rings is 2. The van der Waals surface area contributed by atoms with Crippen LogP contribution in [0.15, 0.2) is 54.2 Å². The van der Waals surface area contributed by atoms with Crippen LogP contribution in [0, 0.1) is 17.1 Å². The number of thiazole rings is 1. The minimum absolute atomic E-state index is 0.0234. The van der Waals surface area contributed by atoms with E-state index in [2.05, 4.69) is 10.4 Å². The van der Waals surface area contributed by atoms with Crippen LogP contribution < -0.4 is 10.1 Å². The molecule has 5 rings (SSSR count). The Morgan fingerprint density at radius 1 is 1.26 bits per heavy atom.